The van der Waals surface area contributed by atoms with E-state index >= 15 is 0 Å². The third-order valence-corrected chi connectivity index (χ3v) is 0.816. The van der Waals surface area contributed by atoms with E-state index in [2.05, 4.69) is 0 Å². The molecule has 0 atom stereocenters. The van der Waals surface area contributed by atoms with E-state index in [-0.39, 0.29) is 69.9 Å². The second-order valence-corrected chi connectivity index (χ2v) is 2.82. The molecule has 0 N–H and O–H groups in total. The minimum Gasteiger partial charge on any atom is -0.854 e. The average Bonchev–Trinajstić information content (AvgIpc) is 2.39. The standard InChI is InChI=1S/4C3H7O.2Ti/c4*1-2-3-4;;/h4*2-3H2,1H3;;/q4*-1;2*+2. The van der Waals surface area contributed by atoms with Crippen molar-refractivity contribution in [1.29, 1.82) is 0 Å². The van der Waals surface area contributed by atoms with Crippen LogP contribution in [0.3, 0.4) is 0 Å². The Morgan fingerprint density at radius 3 is 0.500 bits per heavy atom. The monoisotopic (exact) mass is 332 g/mol. The molecular formula is C12H28O4Ti2. The van der Waals surface area contributed by atoms with Crippen LogP contribution in [0.25, 0.3) is 0 Å². The summed E-state index contributed by atoms with van der Waals surface area (Å²) in [6.07, 6.45) is 3.06. The van der Waals surface area contributed by atoms with E-state index in [0.717, 1.165) is 25.7 Å². The van der Waals surface area contributed by atoms with Gasteiger partial charge in [-0.3, -0.25) is 0 Å². The molecule has 0 saturated heterocycles. The Bertz CT molecular complexity index is 46.0. The first-order valence-corrected chi connectivity index (χ1v) is 5.98. The van der Waals surface area contributed by atoms with Crippen LogP contribution >= 0.6 is 0 Å². The zero-order valence-electron chi connectivity index (χ0n) is 12.3. The molecule has 0 bridgehead atoms. The van der Waals surface area contributed by atoms with Gasteiger partial charge in [-0.1, -0.05) is 53.4 Å². The topological polar surface area (TPSA) is 92.2 Å². The van der Waals surface area contributed by atoms with Gasteiger partial charge in [-0.15, -0.1) is 26.4 Å². The van der Waals surface area contributed by atoms with Crippen LogP contribution in [0.15, 0.2) is 0 Å². The Hall–Kier alpha value is 1.27. The number of hydrogen-bond acceptors (Lipinski definition) is 4. The van der Waals surface area contributed by atoms with Gasteiger partial charge in [0.15, 0.2) is 0 Å². The van der Waals surface area contributed by atoms with E-state index in [1.54, 1.807) is 0 Å². The van der Waals surface area contributed by atoms with Crippen molar-refractivity contribution in [3.63, 3.8) is 0 Å². The Labute approximate surface area is 143 Å². The molecule has 6 heteroatoms. The summed E-state index contributed by atoms with van der Waals surface area (Å²) in [6, 6.07) is 0. The molecule has 0 aromatic heterocycles. The third-order valence-electron chi connectivity index (χ3n) is 0.816. The van der Waals surface area contributed by atoms with E-state index in [4.69, 9.17) is 0 Å². The summed E-state index contributed by atoms with van der Waals surface area (Å²) in [5.41, 5.74) is 0. The molecular weight excluding hydrogens is 304 g/mol. The molecule has 0 spiro atoms. The van der Waals surface area contributed by atoms with Crippen LogP contribution in [0.2, 0.25) is 0 Å². The first-order valence-electron chi connectivity index (χ1n) is 5.98. The van der Waals surface area contributed by atoms with E-state index in [0.29, 0.717) is 0 Å². The van der Waals surface area contributed by atoms with Crippen molar-refractivity contribution in [2.24, 2.45) is 0 Å². The molecule has 18 heavy (non-hydrogen) atoms. The summed E-state index contributed by atoms with van der Waals surface area (Å²) < 4.78 is 0. The zero-order chi connectivity index (χ0) is 13.7. The van der Waals surface area contributed by atoms with Crippen molar-refractivity contribution in [2.45, 2.75) is 53.4 Å². The Morgan fingerprint density at radius 2 is 0.500 bits per heavy atom. The molecule has 0 rings (SSSR count). The first-order chi connectivity index (χ1) is 7.66. The molecule has 4 nitrogen and oxygen atoms in total. The van der Waals surface area contributed by atoms with Gasteiger partial charge >= 0.3 is 43.4 Å². The van der Waals surface area contributed by atoms with Crippen LogP contribution < -0.4 is 20.4 Å². The Morgan fingerprint density at radius 1 is 0.444 bits per heavy atom. The van der Waals surface area contributed by atoms with Gasteiger partial charge in [0.25, 0.3) is 0 Å². The average molecular weight is 332 g/mol. The van der Waals surface area contributed by atoms with Crippen molar-refractivity contribution in [3.05, 3.63) is 0 Å². The second kappa shape index (κ2) is 63.4. The van der Waals surface area contributed by atoms with Crippen molar-refractivity contribution in [2.75, 3.05) is 26.4 Å². The molecule has 0 aromatic rings. The largest absolute Gasteiger partial charge is 2.00 e. The maximum atomic E-state index is 9.30. The minimum atomic E-state index is 0. The fraction of sp³-hybridized carbons (Fsp3) is 1.00. The maximum Gasteiger partial charge on any atom is 2.00 e. The van der Waals surface area contributed by atoms with Gasteiger partial charge in [0, 0.05) is 0 Å². The molecule has 0 aliphatic rings. The predicted molar refractivity (Wildman–Crippen MR) is 60.6 cm³/mol. The molecule has 108 valence electrons. The van der Waals surface area contributed by atoms with E-state index in [1.807, 2.05) is 27.7 Å². The van der Waals surface area contributed by atoms with Gasteiger partial charge in [-0.25, -0.2) is 0 Å². The van der Waals surface area contributed by atoms with Crippen LogP contribution in [0.4, 0.5) is 0 Å². The van der Waals surface area contributed by atoms with Gasteiger partial charge in [0.1, 0.15) is 0 Å². The van der Waals surface area contributed by atoms with Crippen LogP contribution in [0.1, 0.15) is 53.4 Å². The number of rotatable bonds is 4. The van der Waals surface area contributed by atoms with Crippen molar-refractivity contribution in [1.82, 2.24) is 0 Å². The van der Waals surface area contributed by atoms with E-state index < -0.39 is 0 Å². The quantitative estimate of drug-likeness (QED) is 0.619. The smallest absolute Gasteiger partial charge is 0.854 e. The summed E-state index contributed by atoms with van der Waals surface area (Å²) in [4.78, 5) is 0. The van der Waals surface area contributed by atoms with Crippen molar-refractivity contribution < 1.29 is 63.9 Å². The number of hydrogen-bond donors (Lipinski definition) is 0. The van der Waals surface area contributed by atoms with Gasteiger partial charge in [-0.2, -0.15) is 0 Å². The first kappa shape index (κ1) is 36.5. The molecule has 0 heterocycles. The van der Waals surface area contributed by atoms with Gasteiger partial charge in [-0.05, 0) is 0 Å². The normalized spacial score (nSPS) is 6.67. The van der Waals surface area contributed by atoms with Gasteiger partial charge in [0.2, 0.25) is 0 Å². The van der Waals surface area contributed by atoms with Gasteiger partial charge < -0.3 is 20.4 Å². The summed E-state index contributed by atoms with van der Waals surface area (Å²) >= 11 is 0. The molecule has 0 amide bonds. The minimum absolute atomic E-state index is 0. The molecule has 0 aromatic carbocycles. The molecule has 0 aliphatic carbocycles. The molecule has 0 unspecified atom stereocenters. The Balaban J connectivity index is -0.0000000257. The summed E-state index contributed by atoms with van der Waals surface area (Å²) in [5.74, 6) is 0. The summed E-state index contributed by atoms with van der Waals surface area (Å²) in [6.45, 7) is 7.75. The van der Waals surface area contributed by atoms with Crippen molar-refractivity contribution in [3.8, 4) is 0 Å². The van der Waals surface area contributed by atoms with Crippen molar-refractivity contribution >= 4 is 0 Å². The van der Waals surface area contributed by atoms with E-state index in [1.165, 1.54) is 0 Å². The van der Waals surface area contributed by atoms with Crippen LogP contribution in [0, 0.1) is 0 Å². The van der Waals surface area contributed by atoms with Crippen LogP contribution in [-0.4, -0.2) is 26.4 Å². The SMILES string of the molecule is CCC[O-].CCC[O-].CCC[O-].CCC[O-].[Ti+2].[Ti+2]. The molecule has 0 radical (unpaired) electrons. The predicted octanol–water partition coefficient (Wildman–Crippen LogP) is -0.978. The van der Waals surface area contributed by atoms with Crippen LogP contribution in [0.5, 0.6) is 0 Å². The summed E-state index contributed by atoms with van der Waals surface area (Å²) in [5, 5.41) is 37.2. The molecule has 0 fully saturated rings. The Kier molecular flexibility index (Phi) is 129. The summed E-state index contributed by atoms with van der Waals surface area (Å²) in [7, 11) is 0. The zero-order valence-corrected chi connectivity index (χ0v) is 15.4. The maximum absolute atomic E-state index is 9.30. The van der Waals surface area contributed by atoms with Gasteiger partial charge in [0.05, 0.1) is 0 Å². The van der Waals surface area contributed by atoms with Crippen LogP contribution in [-0.2, 0) is 43.4 Å². The fourth-order valence-electron chi connectivity index (χ4n) is 0. The molecule has 0 aliphatic heterocycles. The second-order valence-electron chi connectivity index (χ2n) is 2.82. The third kappa shape index (κ3) is 165. The van der Waals surface area contributed by atoms with E-state index in [9.17, 15) is 20.4 Å². The molecule has 0 saturated carbocycles. The fourth-order valence-corrected chi connectivity index (χ4v) is 0.